The minimum atomic E-state index is -0.699. The van der Waals surface area contributed by atoms with Gasteiger partial charge in [0.05, 0.1) is 0 Å². The van der Waals surface area contributed by atoms with Crippen molar-refractivity contribution in [1.29, 1.82) is 0 Å². The summed E-state index contributed by atoms with van der Waals surface area (Å²) in [5.41, 5.74) is 0. The van der Waals surface area contributed by atoms with Crippen molar-refractivity contribution in [2.24, 2.45) is 0 Å². The first kappa shape index (κ1) is 170. The molecule has 0 radical (unpaired) electrons. The molecule has 0 saturated heterocycles. The lowest BCUT2D eigenvalue weighted by Crippen LogP contribution is -1.74. The highest BCUT2D eigenvalue weighted by molar-refractivity contribution is 9.59. The summed E-state index contributed by atoms with van der Waals surface area (Å²) in [6.07, 6.45) is 0. The van der Waals surface area contributed by atoms with Gasteiger partial charge in [-0.15, -0.1) is 536 Å². The summed E-state index contributed by atoms with van der Waals surface area (Å²) in [5, 5.41) is 0. The fraction of sp³-hybridized carbons (Fsp3) is 0. The molecule has 0 fully saturated rings. The van der Waals surface area contributed by atoms with Crippen LogP contribution < -0.4 is 0 Å². The molecule has 0 nitrogen and oxygen atoms in total. The Bertz CT molecular complexity index is 2060. The average Bonchev–Trinajstić information content (AvgIpc) is 0.719. The lowest BCUT2D eigenvalue weighted by molar-refractivity contribution is 4.31. The molecule has 119 heteroatoms. The van der Waals surface area contributed by atoms with Crippen molar-refractivity contribution in [3.63, 3.8) is 0 Å². The number of hydrogen-bond acceptors (Lipinski definition) is 0. The van der Waals surface area contributed by atoms with Crippen LogP contribution >= 0.6 is 949 Å². The molecule has 0 N–H and O–H groups in total. The lowest BCUT2D eigenvalue weighted by Gasteiger charge is -2.62. The van der Waals surface area contributed by atoms with Crippen LogP contribution in [0.15, 0.2) is 0 Å². The molecule has 0 saturated carbocycles. The van der Waals surface area contributed by atoms with Crippen LogP contribution in [-0.4, -0.2) is 0 Å². The first-order valence-electron chi connectivity index (χ1n) is 27.1. The van der Waals surface area contributed by atoms with Crippen LogP contribution in [0.25, 0.3) is 0 Å². The smallest absolute Gasteiger partial charge is 0.000359 e. The molecule has 63 atom stereocenters. The standard InChI is InChI=1S/H121P119/c1-62(2)94(63(3)4)109(113(95(64(5)6)65(7)8)96(66(9)10)67(11)12)92(110(114(97(68(13)14)69(15)16)98(70(17)18)71(19)20)115(99(72(21)22)73(23)24)100(74(25)26)75(27)28)61-93(111(116(101(76(29)30)77(31)32)102(78(33)34)79(35)36)117(103(80(37)38)81(39)40)104(82(41)42)83(43)44)112(118(105(84(45)46)85(47)48)106(86(49)50)87(51)52)119(107(88(53)54)89(55)56)108(90(57)58)91(59)60/h61H,1-60H2. The Labute approximate surface area is 933 Å². The van der Waals surface area contributed by atoms with E-state index in [4.69, 9.17) is 0 Å². The Morgan fingerprint density at radius 1 is 0.0672 bits per heavy atom. The van der Waals surface area contributed by atoms with Crippen LogP contribution in [0, 0.1) is 0 Å². The third kappa shape index (κ3) is 60.7. The predicted octanol–water partition coefficient (Wildman–Crippen LogP) is 70.1. The van der Waals surface area contributed by atoms with Crippen LogP contribution in [-0.2, 0) is 0 Å². The van der Waals surface area contributed by atoms with E-state index in [9.17, 15) is 0 Å². The number of hydrogen-bond donors (Lipinski definition) is 0. The van der Waals surface area contributed by atoms with Crippen LogP contribution in [0.1, 0.15) is 0 Å². The average molecular weight is 3810 g/mol. The van der Waals surface area contributed by atoms with Gasteiger partial charge in [-0.05, 0) is 413 Å². The van der Waals surface area contributed by atoms with Crippen molar-refractivity contribution >= 4 is 949 Å². The highest BCUT2D eigenvalue weighted by Crippen LogP contribution is 3.54. The molecule has 0 heterocycles. The van der Waals surface area contributed by atoms with Gasteiger partial charge in [0.1, 0.15) is 0 Å². The van der Waals surface area contributed by atoms with E-state index in [1.165, 1.54) is 0 Å². The van der Waals surface area contributed by atoms with Gasteiger partial charge in [-0.3, -0.25) is 0 Å². The molecule has 0 aliphatic heterocycles. The first-order valence-corrected chi connectivity index (χ1v) is 244. The Morgan fingerprint density at radius 3 is 0.176 bits per heavy atom. The summed E-state index contributed by atoms with van der Waals surface area (Å²) in [6.45, 7) is -28.3. The van der Waals surface area contributed by atoms with E-state index < -0.39 is 405 Å². The maximum atomic E-state index is 3.93. The summed E-state index contributed by atoms with van der Waals surface area (Å²) in [4.78, 5) is 0. The maximum absolute atomic E-state index is 3.93. The predicted molar refractivity (Wildman–Crippen MR) is 992 cm³/mol. The molecule has 0 amide bonds. The van der Waals surface area contributed by atoms with Gasteiger partial charge < -0.3 is 0 Å². The Morgan fingerprint density at radius 2 is 0.118 bits per heavy atom. The summed E-state index contributed by atoms with van der Waals surface area (Å²) in [5.74, 6) is 0. The van der Waals surface area contributed by atoms with E-state index in [1.807, 2.05) is 0 Å². The second kappa shape index (κ2) is 93.5. The van der Waals surface area contributed by atoms with Gasteiger partial charge in [-0.1, -0.05) is 0 Å². The summed E-state index contributed by atoms with van der Waals surface area (Å²) in [7, 11) is 232. The van der Waals surface area contributed by atoms with Crippen molar-refractivity contribution in [3.8, 4) is 0 Å². The Hall–Kier alpha value is 51.2. The zero-order chi connectivity index (χ0) is 94.2. The summed E-state index contributed by atoms with van der Waals surface area (Å²) < 4.78 is 0. The zero-order valence-electron chi connectivity index (χ0n) is 61.1. The summed E-state index contributed by atoms with van der Waals surface area (Å²) in [6, 6.07) is 0. The molecule has 63 unspecified atom stereocenters. The van der Waals surface area contributed by atoms with Gasteiger partial charge in [0.25, 0.3) is 0 Å². The SMILES string of the molecule is PP(P)P(P(P)P)P(P(PP(P(P(P(P(P)P)P(P)P)P(P(P)P)P(P)P)P(P(P(P)P)P(P)P)P(P(P)P)P(P)P)P(P(P(P(P)P)P(P)P)P(P(P)P)P(P)P)P(P(P(P)P)P(P)P)P(P(P)P)P(P)P)P(P(P(P(P)P)P(P)P)P(P(P)P)P(P)P)P(P(P(P)P)P(P)P)P(P(P)P)P(P)P)P(P(P(P)P)P(P)P)P(P(P)P)P(P)P. The molecule has 0 aromatic rings. The van der Waals surface area contributed by atoms with Crippen LogP contribution in [0.2, 0.25) is 0 Å². The van der Waals surface area contributed by atoms with Gasteiger partial charge in [0.15, 0.2) is 0 Å². The van der Waals surface area contributed by atoms with Gasteiger partial charge in [-0.2, -0.15) is 0 Å². The van der Waals surface area contributed by atoms with Crippen LogP contribution in [0.5, 0.6) is 0 Å². The van der Waals surface area contributed by atoms with Gasteiger partial charge in [0.2, 0.25) is 0 Å². The second-order valence-corrected chi connectivity index (χ2v) is 515. The molecule has 0 aromatic heterocycles. The van der Waals surface area contributed by atoms with Crippen molar-refractivity contribution in [3.05, 3.63) is 0 Å². The quantitative estimate of drug-likeness (QED) is 0.0533. The Balaban J connectivity index is 15.5. The molecule has 0 bridgehead atoms. The zero-order valence-corrected chi connectivity index (χ0v) is 183. The van der Waals surface area contributed by atoms with Gasteiger partial charge in [-0.25, -0.2) is 0 Å². The van der Waals surface area contributed by atoms with E-state index in [0.717, 1.165) is 7.96 Å². The number of rotatable bonds is 58. The summed E-state index contributed by atoms with van der Waals surface area (Å²) >= 11 is 0. The highest BCUT2D eigenvalue weighted by Gasteiger charge is 2.66. The minimum absolute atomic E-state index is 0.421. The third-order valence-electron chi connectivity index (χ3n) is 10.6. The Kier molecular flexibility index (Phi) is 134. The fourth-order valence-corrected chi connectivity index (χ4v) is 1780. The van der Waals surface area contributed by atoms with E-state index in [-0.39, 0.29) is 0 Å². The molecule has 0 aliphatic rings. The van der Waals surface area contributed by atoms with Gasteiger partial charge in [0, 0.05) is 0 Å². The molecular formula is H121P119. The monoisotopic (exact) mass is 3810 g/mol. The van der Waals surface area contributed by atoms with Crippen molar-refractivity contribution in [2.75, 3.05) is 0 Å². The minimum Gasteiger partial charge on any atom is -0.102 e. The van der Waals surface area contributed by atoms with E-state index >= 15 is 0 Å². The van der Waals surface area contributed by atoms with E-state index in [2.05, 4.69) is 536 Å². The third-order valence-corrected chi connectivity index (χ3v) is 856. The topological polar surface area (TPSA) is 0 Å². The normalized spacial score (nSPS) is 15.3. The van der Waals surface area contributed by atoms with Gasteiger partial charge >= 0.3 is 0 Å². The molecule has 119 heavy (non-hydrogen) atoms. The van der Waals surface area contributed by atoms with E-state index in [1.54, 1.807) is 0 Å². The molecular weight excluding hydrogens is 3690 g/mol. The highest BCUT2D eigenvalue weighted by atomic mass is 33.6. The lowest BCUT2D eigenvalue weighted by atomic mass is 28.4. The molecule has 716 valence electrons. The molecule has 0 aliphatic carbocycles. The van der Waals surface area contributed by atoms with Crippen molar-refractivity contribution in [1.82, 2.24) is 0 Å². The second-order valence-electron chi connectivity index (χ2n) is 19.1. The largest absolute Gasteiger partial charge is 0.102 e. The van der Waals surface area contributed by atoms with Crippen LogP contribution in [0.4, 0.5) is 0 Å². The molecule has 0 rings (SSSR count). The maximum Gasteiger partial charge on any atom is -0.000359 e. The van der Waals surface area contributed by atoms with Crippen LogP contribution in [0.3, 0.4) is 0 Å². The first-order chi connectivity index (χ1) is 54.1. The van der Waals surface area contributed by atoms with E-state index in [0.29, 0.717) is 0 Å². The van der Waals surface area contributed by atoms with Crippen molar-refractivity contribution < 1.29 is 0 Å². The van der Waals surface area contributed by atoms with Crippen molar-refractivity contribution in [2.45, 2.75) is 0 Å². The molecule has 0 aromatic carbocycles. The fourth-order valence-electron chi connectivity index (χ4n) is 7.34. The molecule has 0 spiro atoms.